The molecule has 1 saturated heterocycles. The van der Waals surface area contributed by atoms with E-state index in [1.54, 1.807) is 7.11 Å². The Morgan fingerprint density at radius 3 is 2.50 bits per heavy atom. The van der Waals surface area contributed by atoms with Gasteiger partial charge in [-0.15, -0.1) is 0 Å². The van der Waals surface area contributed by atoms with Crippen molar-refractivity contribution in [1.82, 2.24) is 10.2 Å². The summed E-state index contributed by atoms with van der Waals surface area (Å²) in [6.45, 7) is 11.0. The number of hydrogen-bond donors (Lipinski definition) is 1. The van der Waals surface area contributed by atoms with Gasteiger partial charge in [0.15, 0.2) is 0 Å². The monoisotopic (exact) mass is 332 g/mol. The Morgan fingerprint density at radius 1 is 1.29 bits per heavy atom. The number of carbonyl (C=O) groups is 1. The number of ether oxygens (including phenoxy) is 1. The molecule has 2 rings (SSSR count). The third-order valence-corrected chi connectivity index (χ3v) is 4.58. The number of methoxy groups -OCH3 is 1. The van der Waals surface area contributed by atoms with Crippen LogP contribution in [0.4, 0.5) is 0 Å². The summed E-state index contributed by atoms with van der Waals surface area (Å²) in [5.41, 5.74) is 2.51. The van der Waals surface area contributed by atoms with E-state index in [-0.39, 0.29) is 5.41 Å². The fourth-order valence-electron chi connectivity index (χ4n) is 3.21. The van der Waals surface area contributed by atoms with E-state index in [1.807, 2.05) is 11.0 Å². The highest BCUT2D eigenvalue weighted by molar-refractivity contribution is 5.76. The summed E-state index contributed by atoms with van der Waals surface area (Å²) in [6, 6.07) is 6.81. The Bertz CT molecular complexity index is 555. The SMILES string of the molecule is COc1ccc(CNC2CCN(C(=O)CC(C)(C)C)CC2)cc1C. The quantitative estimate of drug-likeness (QED) is 0.897. The number of nitrogens with zero attached hydrogens (tertiary/aromatic N) is 1. The average molecular weight is 332 g/mol. The highest BCUT2D eigenvalue weighted by Crippen LogP contribution is 2.22. The van der Waals surface area contributed by atoms with Crippen molar-refractivity contribution in [2.24, 2.45) is 5.41 Å². The van der Waals surface area contributed by atoms with Crippen molar-refractivity contribution in [3.05, 3.63) is 29.3 Å². The van der Waals surface area contributed by atoms with Gasteiger partial charge in [-0.1, -0.05) is 32.9 Å². The topological polar surface area (TPSA) is 41.6 Å². The third kappa shape index (κ3) is 5.52. The van der Waals surface area contributed by atoms with Crippen molar-refractivity contribution in [3.8, 4) is 5.75 Å². The second kappa shape index (κ2) is 8.02. The first-order valence-electron chi connectivity index (χ1n) is 8.93. The Labute approximate surface area is 146 Å². The van der Waals surface area contributed by atoms with E-state index < -0.39 is 0 Å². The minimum Gasteiger partial charge on any atom is -0.496 e. The molecule has 1 fully saturated rings. The van der Waals surface area contributed by atoms with Gasteiger partial charge in [0.1, 0.15) is 5.75 Å². The molecular formula is C20H32N2O2. The van der Waals surface area contributed by atoms with Crippen LogP contribution in [0.2, 0.25) is 0 Å². The van der Waals surface area contributed by atoms with Gasteiger partial charge in [0.25, 0.3) is 0 Å². The molecule has 4 nitrogen and oxygen atoms in total. The lowest BCUT2D eigenvalue weighted by Gasteiger charge is -2.34. The molecular weight excluding hydrogens is 300 g/mol. The van der Waals surface area contributed by atoms with Crippen LogP contribution in [0, 0.1) is 12.3 Å². The van der Waals surface area contributed by atoms with Crippen LogP contribution >= 0.6 is 0 Å². The normalized spacial score (nSPS) is 16.3. The summed E-state index contributed by atoms with van der Waals surface area (Å²) in [4.78, 5) is 14.3. The molecule has 1 aliphatic rings. The van der Waals surface area contributed by atoms with Crippen LogP contribution in [0.15, 0.2) is 18.2 Å². The third-order valence-electron chi connectivity index (χ3n) is 4.58. The molecule has 0 aromatic heterocycles. The summed E-state index contributed by atoms with van der Waals surface area (Å²) >= 11 is 0. The zero-order valence-electron chi connectivity index (χ0n) is 15.8. The van der Waals surface area contributed by atoms with Crippen molar-refractivity contribution in [3.63, 3.8) is 0 Å². The number of benzene rings is 1. The molecule has 0 radical (unpaired) electrons. The number of aryl methyl sites for hydroxylation is 1. The van der Waals surface area contributed by atoms with Crippen LogP contribution in [0.1, 0.15) is 51.2 Å². The van der Waals surface area contributed by atoms with Crippen molar-refractivity contribution >= 4 is 5.91 Å². The molecule has 1 aromatic carbocycles. The minimum atomic E-state index is 0.0679. The van der Waals surface area contributed by atoms with Crippen LogP contribution in [0.3, 0.4) is 0 Å². The molecule has 1 N–H and O–H groups in total. The number of likely N-dealkylation sites (tertiary alicyclic amines) is 1. The molecule has 0 bridgehead atoms. The molecule has 1 amide bonds. The fourth-order valence-corrected chi connectivity index (χ4v) is 3.21. The molecule has 24 heavy (non-hydrogen) atoms. The van der Waals surface area contributed by atoms with Crippen molar-refractivity contribution < 1.29 is 9.53 Å². The van der Waals surface area contributed by atoms with Gasteiger partial charge in [0, 0.05) is 32.1 Å². The zero-order chi connectivity index (χ0) is 17.7. The van der Waals surface area contributed by atoms with E-state index in [4.69, 9.17) is 4.74 Å². The molecule has 1 aliphatic heterocycles. The van der Waals surface area contributed by atoms with Crippen molar-refractivity contribution in [2.45, 2.75) is 59.5 Å². The van der Waals surface area contributed by atoms with Gasteiger partial charge < -0.3 is 15.0 Å². The van der Waals surface area contributed by atoms with Crippen molar-refractivity contribution in [2.75, 3.05) is 20.2 Å². The van der Waals surface area contributed by atoms with Crippen LogP contribution in [-0.4, -0.2) is 37.0 Å². The summed E-state index contributed by atoms with van der Waals surface area (Å²) in [5, 5.41) is 3.63. The predicted molar refractivity (Wildman–Crippen MR) is 98.2 cm³/mol. The highest BCUT2D eigenvalue weighted by atomic mass is 16.5. The first-order chi connectivity index (χ1) is 11.3. The predicted octanol–water partition coefficient (Wildman–Crippen LogP) is 3.52. The molecule has 1 aromatic rings. The number of amides is 1. The van der Waals surface area contributed by atoms with Gasteiger partial charge in [-0.2, -0.15) is 0 Å². The first kappa shape index (κ1) is 18.8. The van der Waals surface area contributed by atoms with E-state index >= 15 is 0 Å². The molecule has 4 heteroatoms. The lowest BCUT2D eigenvalue weighted by Crippen LogP contribution is -2.45. The second-order valence-electron chi connectivity index (χ2n) is 8.08. The lowest BCUT2D eigenvalue weighted by molar-refractivity contribution is -0.134. The Hall–Kier alpha value is -1.55. The second-order valence-corrected chi connectivity index (χ2v) is 8.08. The first-order valence-corrected chi connectivity index (χ1v) is 8.93. The van der Waals surface area contributed by atoms with Crippen LogP contribution in [0.25, 0.3) is 0 Å². The largest absolute Gasteiger partial charge is 0.496 e. The molecule has 0 spiro atoms. The van der Waals surface area contributed by atoms with Crippen molar-refractivity contribution in [1.29, 1.82) is 0 Å². The summed E-state index contributed by atoms with van der Waals surface area (Å²) in [6.07, 6.45) is 2.70. The van der Waals surface area contributed by atoms with Gasteiger partial charge in [-0.25, -0.2) is 0 Å². The lowest BCUT2D eigenvalue weighted by atomic mass is 9.91. The minimum absolute atomic E-state index is 0.0679. The molecule has 0 unspecified atom stereocenters. The number of hydrogen-bond acceptors (Lipinski definition) is 3. The number of carbonyl (C=O) groups excluding carboxylic acids is 1. The number of piperidine rings is 1. The maximum Gasteiger partial charge on any atom is 0.223 e. The number of nitrogens with one attached hydrogen (secondary N) is 1. The Balaban J connectivity index is 1.77. The van der Waals surface area contributed by atoms with Crippen LogP contribution < -0.4 is 10.1 Å². The van der Waals surface area contributed by atoms with Gasteiger partial charge in [0.05, 0.1) is 7.11 Å². The van der Waals surface area contributed by atoms with E-state index in [0.717, 1.165) is 38.2 Å². The van der Waals surface area contributed by atoms with Crippen LogP contribution in [-0.2, 0) is 11.3 Å². The molecule has 1 heterocycles. The summed E-state index contributed by atoms with van der Waals surface area (Å²) in [5.74, 6) is 1.23. The molecule has 0 atom stereocenters. The van der Waals surface area contributed by atoms with Gasteiger partial charge >= 0.3 is 0 Å². The highest BCUT2D eigenvalue weighted by Gasteiger charge is 2.25. The molecule has 0 aliphatic carbocycles. The summed E-state index contributed by atoms with van der Waals surface area (Å²) < 4.78 is 5.31. The molecule has 134 valence electrons. The zero-order valence-corrected chi connectivity index (χ0v) is 15.8. The molecule has 0 saturated carbocycles. The average Bonchev–Trinajstić information content (AvgIpc) is 2.52. The Morgan fingerprint density at radius 2 is 1.96 bits per heavy atom. The van der Waals surface area contributed by atoms with Gasteiger partial charge in [0.2, 0.25) is 5.91 Å². The maximum absolute atomic E-state index is 12.3. The van der Waals surface area contributed by atoms with E-state index in [1.165, 1.54) is 11.1 Å². The van der Waals surface area contributed by atoms with Gasteiger partial charge in [-0.3, -0.25) is 4.79 Å². The maximum atomic E-state index is 12.3. The number of rotatable bonds is 5. The van der Waals surface area contributed by atoms with E-state index in [2.05, 4.69) is 45.1 Å². The van der Waals surface area contributed by atoms with E-state index in [9.17, 15) is 4.79 Å². The van der Waals surface area contributed by atoms with E-state index in [0.29, 0.717) is 18.4 Å². The smallest absolute Gasteiger partial charge is 0.223 e. The fraction of sp³-hybridized carbons (Fsp3) is 0.650. The van der Waals surface area contributed by atoms with Crippen LogP contribution in [0.5, 0.6) is 5.75 Å². The Kier molecular flexibility index (Phi) is 6.27. The standard InChI is InChI=1S/C20H32N2O2/c1-15-12-16(6-7-18(15)24-5)14-21-17-8-10-22(11-9-17)19(23)13-20(2,3)4/h6-7,12,17,21H,8-11,13-14H2,1-5H3. The van der Waals surface area contributed by atoms with Gasteiger partial charge in [-0.05, 0) is 42.4 Å². The summed E-state index contributed by atoms with van der Waals surface area (Å²) in [7, 11) is 1.70.